The molecule has 17 heavy (non-hydrogen) atoms. The van der Waals surface area contributed by atoms with Crippen molar-refractivity contribution in [1.82, 2.24) is 0 Å². The summed E-state index contributed by atoms with van der Waals surface area (Å²) in [4.78, 5) is 0. The Morgan fingerprint density at radius 2 is 2.00 bits per heavy atom. The average Bonchev–Trinajstić information content (AvgIpc) is 2.25. The van der Waals surface area contributed by atoms with Gasteiger partial charge in [0.15, 0.2) is 0 Å². The minimum Gasteiger partial charge on any atom is -0.496 e. The highest BCUT2D eigenvalue weighted by molar-refractivity contribution is 8.00. The molecule has 0 aliphatic rings. The Hall–Kier alpha value is -0.670. The van der Waals surface area contributed by atoms with Gasteiger partial charge in [-0.05, 0) is 19.1 Å². The summed E-state index contributed by atoms with van der Waals surface area (Å²) in [5, 5.41) is 10.2. The lowest BCUT2D eigenvalue weighted by Gasteiger charge is -2.21. The lowest BCUT2D eigenvalue weighted by molar-refractivity contribution is 0.198. The molecule has 1 unspecified atom stereocenters. The molecule has 0 aliphatic heterocycles. The van der Waals surface area contributed by atoms with Crippen LogP contribution in [0.1, 0.15) is 38.0 Å². The summed E-state index contributed by atoms with van der Waals surface area (Å²) in [5.41, 5.74) is 2.02. The van der Waals surface area contributed by atoms with E-state index in [0.29, 0.717) is 5.75 Å². The second kappa shape index (κ2) is 5.78. The SMILES string of the molecule is COc1ccc(C)cc1C(O)CSC(C)(C)C. The number of aliphatic hydroxyl groups is 1. The van der Waals surface area contributed by atoms with Gasteiger partial charge in [-0.15, -0.1) is 0 Å². The Kier molecular flexibility index (Phi) is 4.90. The third-order valence-electron chi connectivity index (χ3n) is 2.42. The van der Waals surface area contributed by atoms with E-state index < -0.39 is 6.10 Å². The summed E-state index contributed by atoms with van der Waals surface area (Å²) in [6.07, 6.45) is -0.478. The van der Waals surface area contributed by atoms with Crippen LogP contribution in [0.15, 0.2) is 18.2 Å². The maximum Gasteiger partial charge on any atom is 0.124 e. The molecule has 0 radical (unpaired) electrons. The Bertz CT molecular complexity index is 369. The van der Waals surface area contributed by atoms with E-state index in [-0.39, 0.29) is 4.75 Å². The quantitative estimate of drug-likeness (QED) is 0.890. The number of aryl methyl sites for hydroxylation is 1. The third-order valence-corrected chi connectivity index (χ3v) is 3.77. The van der Waals surface area contributed by atoms with Crippen LogP contribution in [0.25, 0.3) is 0 Å². The van der Waals surface area contributed by atoms with Crippen molar-refractivity contribution in [2.75, 3.05) is 12.9 Å². The molecule has 0 saturated heterocycles. The molecule has 3 heteroatoms. The van der Waals surface area contributed by atoms with E-state index in [1.165, 1.54) is 0 Å². The molecule has 1 aromatic carbocycles. The lowest BCUT2D eigenvalue weighted by Crippen LogP contribution is -2.12. The van der Waals surface area contributed by atoms with Gasteiger partial charge in [-0.1, -0.05) is 32.4 Å². The predicted molar refractivity (Wildman–Crippen MR) is 74.9 cm³/mol. The average molecular weight is 254 g/mol. The van der Waals surface area contributed by atoms with Crippen molar-refractivity contribution >= 4 is 11.8 Å². The molecule has 0 spiro atoms. The van der Waals surface area contributed by atoms with Crippen LogP contribution in [0.3, 0.4) is 0 Å². The first-order chi connectivity index (χ1) is 7.83. The number of benzene rings is 1. The first-order valence-corrected chi connectivity index (χ1v) is 6.78. The highest BCUT2D eigenvalue weighted by atomic mass is 32.2. The summed E-state index contributed by atoms with van der Waals surface area (Å²) in [5.74, 6) is 1.45. The zero-order valence-corrected chi connectivity index (χ0v) is 12.1. The molecule has 1 N–H and O–H groups in total. The van der Waals surface area contributed by atoms with Gasteiger partial charge in [0.05, 0.1) is 13.2 Å². The Morgan fingerprint density at radius 3 is 2.53 bits per heavy atom. The second-order valence-electron chi connectivity index (χ2n) is 5.18. The maximum atomic E-state index is 10.2. The standard InChI is InChI=1S/C14H22O2S/c1-10-6-7-13(16-5)11(8-10)12(15)9-17-14(2,3)4/h6-8,12,15H,9H2,1-5H3. The van der Waals surface area contributed by atoms with Crippen LogP contribution in [-0.4, -0.2) is 22.7 Å². The molecule has 1 atom stereocenters. The highest BCUT2D eigenvalue weighted by Crippen LogP contribution is 2.32. The van der Waals surface area contributed by atoms with Gasteiger partial charge in [-0.3, -0.25) is 0 Å². The van der Waals surface area contributed by atoms with Crippen LogP contribution in [0, 0.1) is 6.92 Å². The summed E-state index contributed by atoms with van der Waals surface area (Å²) in [7, 11) is 1.64. The zero-order valence-electron chi connectivity index (χ0n) is 11.3. The summed E-state index contributed by atoms with van der Waals surface area (Å²) in [6, 6.07) is 5.90. The number of thioether (sulfide) groups is 1. The second-order valence-corrected chi connectivity index (χ2v) is 7.03. The van der Waals surface area contributed by atoms with E-state index in [2.05, 4.69) is 20.8 Å². The van der Waals surface area contributed by atoms with E-state index >= 15 is 0 Å². The molecule has 0 fully saturated rings. The van der Waals surface area contributed by atoms with Crippen molar-refractivity contribution in [3.8, 4) is 5.75 Å². The highest BCUT2D eigenvalue weighted by Gasteiger charge is 2.18. The lowest BCUT2D eigenvalue weighted by atomic mass is 10.1. The molecule has 0 aliphatic carbocycles. The molecule has 0 aromatic heterocycles. The van der Waals surface area contributed by atoms with Gasteiger partial charge in [0.25, 0.3) is 0 Å². The van der Waals surface area contributed by atoms with Crippen molar-refractivity contribution in [3.63, 3.8) is 0 Å². The Morgan fingerprint density at radius 1 is 1.35 bits per heavy atom. The predicted octanol–water partition coefficient (Wildman–Crippen LogP) is 3.57. The number of methoxy groups -OCH3 is 1. The molecule has 1 aromatic rings. The van der Waals surface area contributed by atoms with Crippen LogP contribution in [0.5, 0.6) is 5.75 Å². The van der Waals surface area contributed by atoms with Crippen molar-refractivity contribution in [3.05, 3.63) is 29.3 Å². The van der Waals surface area contributed by atoms with Crippen LogP contribution in [0.4, 0.5) is 0 Å². The molecule has 0 saturated carbocycles. The number of ether oxygens (including phenoxy) is 1. The number of hydrogen-bond acceptors (Lipinski definition) is 3. The minimum absolute atomic E-state index is 0.165. The van der Waals surface area contributed by atoms with Crippen molar-refractivity contribution < 1.29 is 9.84 Å². The normalized spacial score (nSPS) is 13.5. The fourth-order valence-corrected chi connectivity index (χ4v) is 2.37. The van der Waals surface area contributed by atoms with E-state index in [1.54, 1.807) is 18.9 Å². The van der Waals surface area contributed by atoms with Crippen LogP contribution in [-0.2, 0) is 0 Å². The molecule has 2 nitrogen and oxygen atoms in total. The van der Waals surface area contributed by atoms with Crippen LogP contribution >= 0.6 is 11.8 Å². The van der Waals surface area contributed by atoms with E-state index in [4.69, 9.17) is 4.74 Å². The molecular formula is C14H22O2S. The Labute approximate surface area is 108 Å². The summed E-state index contributed by atoms with van der Waals surface area (Å²) >= 11 is 1.76. The molecular weight excluding hydrogens is 232 g/mol. The fraction of sp³-hybridized carbons (Fsp3) is 0.571. The molecule has 0 amide bonds. The van der Waals surface area contributed by atoms with Crippen molar-refractivity contribution in [2.45, 2.75) is 38.5 Å². The van der Waals surface area contributed by atoms with Gasteiger partial charge < -0.3 is 9.84 Å². The first-order valence-electron chi connectivity index (χ1n) is 5.80. The smallest absolute Gasteiger partial charge is 0.124 e. The molecule has 0 heterocycles. The number of rotatable bonds is 4. The number of hydrogen-bond donors (Lipinski definition) is 1. The van der Waals surface area contributed by atoms with E-state index in [9.17, 15) is 5.11 Å². The van der Waals surface area contributed by atoms with Gasteiger partial charge >= 0.3 is 0 Å². The van der Waals surface area contributed by atoms with E-state index in [1.807, 2.05) is 25.1 Å². The van der Waals surface area contributed by atoms with Gasteiger partial charge in [0, 0.05) is 16.1 Å². The number of aliphatic hydroxyl groups excluding tert-OH is 1. The topological polar surface area (TPSA) is 29.5 Å². The van der Waals surface area contributed by atoms with Gasteiger partial charge in [-0.25, -0.2) is 0 Å². The summed E-state index contributed by atoms with van der Waals surface area (Å²) in [6.45, 7) is 8.47. The van der Waals surface area contributed by atoms with Crippen molar-refractivity contribution in [1.29, 1.82) is 0 Å². The third kappa shape index (κ3) is 4.60. The van der Waals surface area contributed by atoms with Crippen LogP contribution in [0.2, 0.25) is 0 Å². The molecule has 1 rings (SSSR count). The maximum absolute atomic E-state index is 10.2. The van der Waals surface area contributed by atoms with E-state index in [0.717, 1.165) is 16.9 Å². The molecule has 0 bridgehead atoms. The monoisotopic (exact) mass is 254 g/mol. The largest absolute Gasteiger partial charge is 0.496 e. The Balaban J connectivity index is 2.80. The van der Waals surface area contributed by atoms with Gasteiger partial charge in [0.1, 0.15) is 5.75 Å². The first kappa shape index (κ1) is 14.4. The minimum atomic E-state index is -0.478. The van der Waals surface area contributed by atoms with Crippen LogP contribution < -0.4 is 4.74 Å². The van der Waals surface area contributed by atoms with Crippen molar-refractivity contribution in [2.24, 2.45) is 0 Å². The summed E-state index contributed by atoms with van der Waals surface area (Å²) < 4.78 is 5.45. The molecule has 96 valence electrons. The zero-order chi connectivity index (χ0) is 13.1. The van der Waals surface area contributed by atoms with Gasteiger partial charge in [-0.2, -0.15) is 11.8 Å². The van der Waals surface area contributed by atoms with Gasteiger partial charge in [0.2, 0.25) is 0 Å². The fourth-order valence-electron chi connectivity index (χ4n) is 1.53.